The number of rotatable bonds is 10. The molecule has 0 saturated heterocycles. The van der Waals surface area contributed by atoms with Crippen LogP contribution < -0.4 is 9.80 Å². The minimum absolute atomic E-state index is 0.836. The van der Waals surface area contributed by atoms with Crippen LogP contribution in [-0.4, -0.2) is 9.13 Å². The third-order valence-corrected chi connectivity index (χ3v) is 17.8. The van der Waals surface area contributed by atoms with Crippen molar-refractivity contribution in [3.05, 3.63) is 315 Å². The Morgan fingerprint density at radius 1 is 0.227 bits per heavy atom. The molecule has 0 spiro atoms. The molecular formula is C82H52N4O2. The molecule has 0 N–H and O–H groups in total. The number of fused-ring (bicyclic) bond motifs is 15. The molecule has 0 radical (unpaired) electrons. The lowest BCUT2D eigenvalue weighted by Gasteiger charge is -2.26. The van der Waals surface area contributed by atoms with E-state index in [-0.39, 0.29) is 0 Å². The highest BCUT2D eigenvalue weighted by Crippen LogP contribution is 2.49. The quantitative estimate of drug-likeness (QED) is 0.137. The molecule has 0 aliphatic carbocycles. The van der Waals surface area contributed by atoms with E-state index in [9.17, 15) is 0 Å². The Kier molecular flexibility index (Phi) is 11.2. The zero-order chi connectivity index (χ0) is 57.8. The summed E-state index contributed by atoms with van der Waals surface area (Å²) in [6, 6.07) is 114. The smallest absolute Gasteiger partial charge is 0.159 e. The van der Waals surface area contributed by atoms with E-state index >= 15 is 0 Å². The average molecular weight is 1130 g/mol. The summed E-state index contributed by atoms with van der Waals surface area (Å²) in [6.45, 7) is 0. The van der Waals surface area contributed by atoms with E-state index in [0.717, 1.165) is 144 Å². The summed E-state index contributed by atoms with van der Waals surface area (Å²) in [4.78, 5) is 4.74. The molecule has 0 bridgehead atoms. The van der Waals surface area contributed by atoms with Gasteiger partial charge in [0.1, 0.15) is 11.2 Å². The summed E-state index contributed by atoms with van der Waals surface area (Å²) in [5.41, 5.74) is 20.6. The van der Waals surface area contributed by atoms with Crippen molar-refractivity contribution in [2.45, 2.75) is 0 Å². The van der Waals surface area contributed by atoms with Crippen LogP contribution in [0.2, 0.25) is 0 Å². The molecule has 0 unspecified atom stereocenters. The molecule has 0 atom stereocenters. The van der Waals surface area contributed by atoms with Crippen LogP contribution in [0.25, 0.3) is 132 Å². The Morgan fingerprint density at radius 3 is 1.02 bits per heavy atom. The van der Waals surface area contributed by atoms with Crippen LogP contribution >= 0.6 is 0 Å². The fourth-order valence-electron chi connectivity index (χ4n) is 14.0. The van der Waals surface area contributed by atoms with Crippen LogP contribution in [0, 0.1) is 0 Å². The number of aromatic nitrogens is 2. The van der Waals surface area contributed by atoms with E-state index in [1.165, 1.54) is 21.5 Å². The maximum atomic E-state index is 6.84. The Bertz CT molecular complexity index is 5400. The maximum absolute atomic E-state index is 6.84. The lowest BCUT2D eigenvalue weighted by atomic mass is 9.99. The Labute approximate surface area is 506 Å². The molecule has 0 aliphatic rings. The van der Waals surface area contributed by atoms with Crippen LogP contribution in [0.1, 0.15) is 0 Å². The minimum atomic E-state index is 0.836. The number of nitrogens with zero attached hydrogens (tertiary/aromatic N) is 4. The number of furan rings is 2. The van der Waals surface area contributed by atoms with E-state index < -0.39 is 0 Å². The summed E-state index contributed by atoms with van der Waals surface area (Å²) < 4.78 is 18.6. The largest absolute Gasteiger partial charge is 0.454 e. The fraction of sp³-hybridized carbons (Fsp3) is 0. The molecule has 18 rings (SSSR count). The molecular weight excluding hydrogens is 1070 g/mol. The second-order valence-corrected chi connectivity index (χ2v) is 22.8. The van der Waals surface area contributed by atoms with Gasteiger partial charge in [0, 0.05) is 77.2 Å². The second kappa shape index (κ2) is 19.9. The lowest BCUT2D eigenvalue weighted by molar-refractivity contribution is 0.668. The van der Waals surface area contributed by atoms with Crippen molar-refractivity contribution in [3.8, 4) is 33.6 Å². The van der Waals surface area contributed by atoms with Gasteiger partial charge in [0.2, 0.25) is 0 Å². The summed E-state index contributed by atoms with van der Waals surface area (Å²) in [6.07, 6.45) is 0. The predicted octanol–water partition coefficient (Wildman–Crippen LogP) is 23.1. The van der Waals surface area contributed by atoms with Gasteiger partial charge in [-0.05, 0) is 142 Å². The standard InChI is InChI=1S/C82H52N4O2/c1-5-21-53(22-6-1)55-25-17-31-59(49-55)83(73-37-19-35-67-63-33-13-15-39-77(63)87-81(67)73)61-41-43-69-75(51-61)85(57-27-9-3-10-28-57)71-47-45-66-65(79(69)71)46-48-72-80(66)70-44-42-62(52-76(70)86(72)58-29-11-4-12-30-58)84(60-32-18-26-56(50-60)54-23-7-2-8-24-54)74-38-20-36-68-64-34-14-16-40-78(64)88-82(68)74/h1-52H. The van der Waals surface area contributed by atoms with E-state index in [1.807, 2.05) is 12.1 Å². The van der Waals surface area contributed by atoms with Crippen molar-refractivity contribution in [2.24, 2.45) is 0 Å². The Balaban J connectivity index is 0.874. The molecule has 0 aliphatic heterocycles. The molecule has 0 amide bonds. The summed E-state index contributed by atoms with van der Waals surface area (Å²) in [5, 5.41) is 11.4. The van der Waals surface area contributed by atoms with Crippen molar-refractivity contribution >= 4 is 132 Å². The van der Waals surface area contributed by atoms with Gasteiger partial charge in [0.05, 0.1) is 33.4 Å². The molecule has 18 aromatic rings. The molecule has 14 aromatic carbocycles. The Morgan fingerprint density at radius 2 is 0.580 bits per heavy atom. The van der Waals surface area contributed by atoms with Gasteiger partial charge < -0.3 is 27.8 Å². The van der Waals surface area contributed by atoms with Gasteiger partial charge >= 0.3 is 0 Å². The lowest BCUT2D eigenvalue weighted by Crippen LogP contribution is -2.10. The molecule has 0 saturated carbocycles. The molecule has 4 aromatic heterocycles. The van der Waals surface area contributed by atoms with Gasteiger partial charge in [0.25, 0.3) is 0 Å². The third-order valence-electron chi connectivity index (χ3n) is 17.8. The highest BCUT2D eigenvalue weighted by atomic mass is 16.3. The first-order valence-electron chi connectivity index (χ1n) is 30.0. The zero-order valence-electron chi connectivity index (χ0n) is 47.6. The van der Waals surface area contributed by atoms with E-state index in [0.29, 0.717) is 0 Å². The number of benzene rings is 14. The van der Waals surface area contributed by atoms with Crippen molar-refractivity contribution < 1.29 is 8.83 Å². The van der Waals surface area contributed by atoms with Crippen LogP contribution in [0.3, 0.4) is 0 Å². The predicted molar refractivity (Wildman–Crippen MR) is 367 cm³/mol. The average Bonchev–Trinajstić information content (AvgIpc) is 1.90. The highest BCUT2D eigenvalue weighted by molar-refractivity contribution is 6.30. The number of para-hydroxylation sites is 6. The second-order valence-electron chi connectivity index (χ2n) is 22.8. The van der Waals surface area contributed by atoms with Crippen molar-refractivity contribution in [2.75, 3.05) is 9.80 Å². The first kappa shape index (κ1) is 49.6. The zero-order valence-corrected chi connectivity index (χ0v) is 47.6. The number of anilines is 6. The van der Waals surface area contributed by atoms with Gasteiger partial charge in [-0.1, -0.05) is 206 Å². The first-order chi connectivity index (χ1) is 43.7. The van der Waals surface area contributed by atoms with E-state index in [4.69, 9.17) is 8.83 Å². The van der Waals surface area contributed by atoms with Gasteiger partial charge in [0.15, 0.2) is 11.2 Å². The summed E-state index contributed by atoms with van der Waals surface area (Å²) in [5.74, 6) is 0. The number of hydrogen-bond acceptors (Lipinski definition) is 4. The Hall–Kier alpha value is -11.9. The molecule has 412 valence electrons. The van der Waals surface area contributed by atoms with Gasteiger partial charge in [-0.3, -0.25) is 0 Å². The summed E-state index contributed by atoms with van der Waals surface area (Å²) in [7, 11) is 0. The van der Waals surface area contributed by atoms with Gasteiger partial charge in [-0.25, -0.2) is 0 Å². The molecule has 6 nitrogen and oxygen atoms in total. The maximum Gasteiger partial charge on any atom is 0.159 e. The highest BCUT2D eigenvalue weighted by Gasteiger charge is 2.26. The van der Waals surface area contributed by atoms with Gasteiger partial charge in [-0.2, -0.15) is 0 Å². The van der Waals surface area contributed by atoms with Crippen LogP contribution in [0.5, 0.6) is 0 Å². The van der Waals surface area contributed by atoms with Crippen molar-refractivity contribution in [1.82, 2.24) is 9.13 Å². The SMILES string of the molecule is c1ccc(-c2cccc(N(c3ccc4c5c6ccc7c(c6ccc5n(-c5ccccc5)c4c3)c3ccc(N(c4cccc(-c5ccccc5)c4)c4cccc5c4oc4ccccc45)cc3n7-c3ccccc3)c3cccc4c3oc3ccccc34)c2)cc1. The first-order valence-corrected chi connectivity index (χ1v) is 30.0. The van der Waals surface area contributed by atoms with Crippen molar-refractivity contribution in [1.29, 1.82) is 0 Å². The van der Waals surface area contributed by atoms with Crippen LogP contribution in [0.4, 0.5) is 34.1 Å². The van der Waals surface area contributed by atoms with E-state index in [2.05, 4.69) is 322 Å². The minimum Gasteiger partial charge on any atom is -0.454 e. The molecule has 4 heterocycles. The van der Waals surface area contributed by atoms with Crippen molar-refractivity contribution in [3.63, 3.8) is 0 Å². The molecule has 6 heteroatoms. The van der Waals surface area contributed by atoms with Gasteiger partial charge in [-0.15, -0.1) is 0 Å². The molecule has 0 fully saturated rings. The summed E-state index contributed by atoms with van der Waals surface area (Å²) >= 11 is 0. The monoisotopic (exact) mass is 1120 g/mol. The van der Waals surface area contributed by atoms with Crippen LogP contribution in [0.15, 0.2) is 324 Å². The topological polar surface area (TPSA) is 42.6 Å². The molecule has 88 heavy (non-hydrogen) atoms. The van der Waals surface area contributed by atoms with E-state index in [1.54, 1.807) is 0 Å². The fourth-order valence-corrected chi connectivity index (χ4v) is 14.0. The normalized spacial score (nSPS) is 11.9. The number of hydrogen-bond donors (Lipinski definition) is 0. The third kappa shape index (κ3) is 7.76. The van der Waals surface area contributed by atoms with Crippen LogP contribution in [-0.2, 0) is 0 Å².